The van der Waals surface area contributed by atoms with Gasteiger partial charge in [0.25, 0.3) is 0 Å². The van der Waals surface area contributed by atoms with Gasteiger partial charge < -0.3 is 14.6 Å². The monoisotopic (exact) mass is 424 g/mol. The van der Waals surface area contributed by atoms with Crippen molar-refractivity contribution in [3.8, 4) is 0 Å². The molecule has 3 saturated carbocycles. The maximum Gasteiger partial charge on any atom is 0.330 e. The molecule has 7 heteroatoms. The first-order valence-corrected chi connectivity index (χ1v) is 10.8. The summed E-state index contributed by atoms with van der Waals surface area (Å²) in [6, 6.07) is 0. The molecule has 1 aliphatic heterocycles. The Balaban J connectivity index is 1.78. The van der Waals surface area contributed by atoms with Gasteiger partial charge in [-0.3, -0.25) is 9.59 Å². The highest BCUT2D eigenvalue weighted by Crippen LogP contribution is 2.68. The quantitative estimate of drug-likeness (QED) is 0.541. The molecule has 160 valence electrons. The maximum absolute atomic E-state index is 12.8. The van der Waals surface area contributed by atoms with Crippen molar-refractivity contribution in [3.05, 3.63) is 11.6 Å². The molecule has 0 spiro atoms. The second kappa shape index (κ2) is 6.55. The lowest BCUT2D eigenvalue weighted by Gasteiger charge is -2.60. The van der Waals surface area contributed by atoms with Crippen molar-refractivity contribution in [1.82, 2.24) is 0 Å². The summed E-state index contributed by atoms with van der Waals surface area (Å²) in [5.74, 6) is -1.11. The Morgan fingerprint density at radius 3 is 2.48 bits per heavy atom. The third-order valence-corrected chi connectivity index (χ3v) is 9.09. The van der Waals surface area contributed by atoms with Crippen LogP contribution < -0.4 is 0 Å². The normalized spacial score (nSPS) is 48.6. The van der Waals surface area contributed by atoms with Gasteiger partial charge in [0, 0.05) is 23.8 Å². The first kappa shape index (κ1) is 20.9. The number of carbonyl (C=O) groups is 3. The minimum Gasteiger partial charge on any atom is -0.462 e. The zero-order valence-corrected chi connectivity index (χ0v) is 18.1. The van der Waals surface area contributed by atoms with E-state index in [1.54, 1.807) is 0 Å². The number of ketones is 1. The minimum absolute atomic E-state index is 0.0169. The molecule has 0 radical (unpaired) electrons. The second-order valence-corrected chi connectivity index (χ2v) is 10.2. The largest absolute Gasteiger partial charge is 0.462 e. The number of rotatable bonds is 2. The number of aliphatic hydroxyl groups is 1. The van der Waals surface area contributed by atoms with Crippen LogP contribution in [0, 0.1) is 28.6 Å². The molecule has 2 unspecified atom stereocenters. The number of cyclic esters (lactones) is 1. The molecule has 4 aliphatic rings. The lowest BCUT2D eigenvalue weighted by Crippen LogP contribution is -2.63. The molecule has 0 saturated heterocycles. The molecule has 0 aromatic heterocycles. The predicted molar refractivity (Wildman–Crippen MR) is 105 cm³/mol. The number of fused-ring (bicyclic) bond motifs is 5. The topological polar surface area (TPSA) is 89.9 Å². The third-order valence-electron chi connectivity index (χ3n) is 8.60. The van der Waals surface area contributed by atoms with Gasteiger partial charge in [0.1, 0.15) is 6.61 Å². The lowest BCUT2D eigenvalue weighted by atomic mass is 9.46. The van der Waals surface area contributed by atoms with E-state index in [-0.39, 0.29) is 30.1 Å². The molecular formula is C22H29ClO6. The summed E-state index contributed by atoms with van der Waals surface area (Å²) in [6.07, 6.45) is 3.18. The average molecular weight is 425 g/mol. The summed E-state index contributed by atoms with van der Waals surface area (Å²) >= 11 is 6.69. The zero-order valence-electron chi connectivity index (χ0n) is 17.4. The number of ether oxygens (including phenoxy) is 2. The number of aliphatic hydroxyl groups excluding tert-OH is 1. The molecule has 0 amide bonds. The summed E-state index contributed by atoms with van der Waals surface area (Å²) < 4.78 is 11.1. The number of carbonyl (C=O) groups excluding carboxylic acids is 3. The molecule has 29 heavy (non-hydrogen) atoms. The highest BCUT2D eigenvalue weighted by Gasteiger charge is 2.70. The lowest BCUT2D eigenvalue weighted by molar-refractivity contribution is -0.193. The Morgan fingerprint density at radius 2 is 1.86 bits per heavy atom. The number of halogens is 1. The van der Waals surface area contributed by atoms with Crippen molar-refractivity contribution in [1.29, 1.82) is 0 Å². The van der Waals surface area contributed by atoms with Gasteiger partial charge in [-0.05, 0) is 55.9 Å². The van der Waals surface area contributed by atoms with Gasteiger partial charge >= 0.3 is 11.9 Å². The first-order valence-electron chi connectivity index (χ1n) is 10.4. The summed E-state index contributed by atoms with van der Waals surface area (Å²) in [7, 11) is 0. The Bertz CT molecular complexity index is 807. The number of hydrogen-bond donors (Lipinski definition) is 1. The fourth-order valence-corrected chi connectivity index (χ4v) is 7.69. The molecule has 3 fully saturated rings. The van der Waals surface area contributed by atoms with Crippen LogP contribution in [-0.4, -0.2) is 46.5 Å². The minimum atomic E-state index is -1.16. The molecule has 0 aromatic rings. The number of esters is 2. The highest BCUT2D eigenvalue weighted by atomic mass is 35.5. The SMILES string of the molecule is CC(=O)O[C@]1(C(C)=O)CC[C@H]2[C@@H]3C(O)C(Cl)C4=CC(=O)OC[C@]4(C)[C@H]3CC[C@@]21C. The van der Waals surface area contributed by atoms with Crippen LogP contribution in [0.3, 0.4) is 0 Å². The summed E-state index contributed by atoms with van der Waals surface area (Å²) in [4.78, 5) is 36.5. The summed E-state index contributed by atoms with van der Waals surface area (Å²) in [6.45, 7) is 7.17. The Labute approximate surface area is 175 Å². The molecule has 6 nitrogen and oxygen atoms in total. The Hall–Kier alpha value is -1.40. The van der Waals surface area contributed by atoms with Crippen LogP contribution >= 0.6 is 11.6 Å². The van der Waals surface area contributed by atoms with Crippen molar-refractivity contribution in [2.24, 2.45) is 28.6 Å². The average Bonchev–Trinajstić information content (AvgIpc) is 2.94. The fourth-order valence-electron chi connectivity index (χ4n) is 7.21. The van der Waals surface area contributed by atoms with Crippen LogP contribution in [0.25, 0.3) is 0 Å². The Morgan fingerprint density at radius 1 is 1.21 bits per heavy atom. The summed E-state index contributed by atoms with van der Waals surface area (Å²) in [5.41, 5.74) is -1.41. The third kappa shape index (κ3) is 2.61. The van der Waals surface area contributed by atoms with Gasteiger partial charge in [-0.15, -0.1) is 11.6 Å². The summed E-state index contributed by atoms with van der Waals surface area (Å²) in [5, 5.41) is 10.6. The van der Waals surface area contributed by atoms with Crippen molar-refractivity contribution < 1.29 is 29.0 Å². The zero-order chi connectivity index (χ0) is 21.4. The molecule has 4 rings (SSSR count). The van der Waals surface area contributed by atoms with Crippen LogP contribution in [0.2, 0.25) is 0 Å². The van der Waals surface area contributed by atoms with Crippen LogP contribution in [0.1, 0.15) is 53.4 Å². The molecular weight excluding hydrogens is 396 g/mol. The van der Waals surface area contributed by atoms with E-state index in [0.717, 1.165) is 12.0 Å². The van der Waals surface area contributed by atoms with Crippen LogP contribution in [0.5, 0.6) is 0 Å². The first-order chi connectivity index (χ1) is 13.5. The van der Waals surface area contributed by atoms with Crippen LogP contribution in [-0.2, 0) is 23.9 Å². The molecule has 1 N–H and O–H groups in total. The van der Waals surface area contributed by atoms with Gasteiger partial charge in [0.05, 0.1) is 11.5 Å². The van der Waals surface area contributed by atoms with Crippen molar-refractivity contribution >= 4 is 29.3 Å². The van der Waals surface area contributed by atoms with Gasteiger partial charge in [-0.25, -0.2) is 4.79 Å². The molecule has 3 aliphatic carbocycles. The standard InChI is InChI=1S/C22H29ClO6/c1-11(24)22(29-12(2)25)8-6-14-17-13(5-7-21(14,22)4)20(3)10-28-16(26)9-15(20)18(23)19(17)27/h9,13-14,17-19,27H,5-8,10H2,1-4H3/t13-,14-,17+,18?,19?,20+,21-,22-/m0/s1. The Kier molecular flexibility index (Phi) is 4.71. The number of Topliss-reactive ketones (excluding diaryl/α,β-unsaturated/α-hetero) is 1. The number of alkyl halides is 1. The van der Waals surface area contributed by atoms with Gasteiger partial charge in [-0.2, -0.15) is 0 Å². The van der Waals surface area contributed by atoms with E-state index >= 15 is 0 Å². The van der Waals surface area contributed by atoms with E-state index in [1.165, 1.54) is 19.9 Å². The van der Waals surface area contributed by atoms with Crippen molar-refractivity contribution in [2.45, 2.75) is 70.5 Å². The number of hydrogen-bond acceptors (Lipinski definition) is 6. The van der Waals surface area contributed by atoms with Gasteiger partial charge in [0.15, 0.2) is 11.4 Å². The molecule has 0 bridgehead atoms. The van der Waals surface area contributed by atoms with E-state index in [2.05, 4.69) is 6.92 Å². The van der Waals surface area contributed by atoms with Gasteiger partial charge in [-0.1, -0.05) is 13.8 Å². The van der Waals surface area contributed by atoms with E-state index in [4.69, 9.17) is 21.1 Å². The highest BCUT2D eigenvalue weighted by molar-refractivity contribution is 6.23. The van der Waals surface area contributed by atoms with Crippen molar-refractivity contribution in [3.63, 3.8) is 0 Å². The van der Waals surface area contributed by atoms with E-state index < -0.39 is 39.9 Å². The molecule has 1 heterocycles. The van der Waals surface area contributed by atoms with Gasteiger partial charge in [0.2, 0.25) is 0 Å². The second-order valence-electron chi connectivity index (χ2n) is 9.78. The van der Waals surface area contributed by atoms with Crippen LogP contribution in [0.4, 0.5) is 0 Å². The smallest absolute Gasteiger partial charge is 0.330 e. The van der Waals surface area contributed by atoms with Crippen molar-refractivity contribution in [2.75, 3.05) is 6.61 Å². The van der Waals surface area contributed by atoms with E-state index in [1.807, 2.05) is 6.92 Å². The fraction of sp³-hybridized carbons (Fsp3) is 0.773. The maximum atomic E-state index is 12.8. The van der Waals surface area contributed by atoms with E-state index in [9.17, 15) is 19.5 Å². The molecule has 0 aromatic carbocycles. The molecule has 8 atom stereocenters. The predicted octanol–water partition coefficient (Wildman–Crippen LogP) is 2.79. The van der Waals surface area contributed by atoms with E-state index in [0.29, 0.717) is 19.3 Å². The van der Waals surface area contributed by atoms with Crippen LogP contribution in [0.15, 0.2) is 11.6 Å².